The van der Waals surface area contributed by atoms with E-state index in [1.165, 1.54) is 0 Å². The van der Waals surface area contributed by atoms with Gasteiger partial charge in [0.15, 0.2) is 0 Å². The van der Waals surface area contributed by atoms with E-state index in [2.05, 4.69) is 4.98 Å². The highest BCUT2D eigenvalue weighted by Crippen LogP contribution is 2.21. The van der Waals surface area contributed by atoms with Crippen molar-refractivity contribution in [2.75, 3.05) is 6.61 Å². The molecule has 0 saturated carbocycles. The van der Waals surface area contributed by atoms with Crippen LogP contribution in [0.25, 0.3) is 0 Å². The number of halogens is 1. The Kier molecular flexibility index (Phi) is 3.98. The SMILES string of the molecule is CCO[C@H](C)c1nc(CCl)cs1. The number of ether oxygens (including phenoxy) is 1. The molecule has 68 valence electrons. The van der Waals surface area contributed by atoms with Crippen LogP contribution in [0.2, 0.25) is 0 Å². The summed E-state index contributed by atoms with van der Waals surface area (Å²) in [4.78, 5) is 4.31. The van der Waals surface area contributed by atoms with E-state index in [1.807, 2.05) is 19.2 Å². The Bertz CT molecular complexity index is 239. The minimum Gasteiger partial charge on any atom is -0.372 e. The lowest BCUT2D eigenvalue weighted by Gasteiger charge is -2.06. The van der Waals surface area contributed by atoms with E-state index >= 15 is 0 Å². The van der Waals surface area contributed by atoms with Crippen LogP contribution in [0.15, 0.2) is 5.38 Å². The Morgan fingerprint density at radius 3 is 3.00 bits per heavy atom. The lowest BCUT2D eigenvalue weighted by Crippen LogP contribution is -1.98. The Morgan fingerprint density at radius 1 is 1.75 bits per heavy atom. The molecule has 1 atom stereocenters. The molecule has 1 aromatic rings. The molecule has 0 spiro atoms. The van der Waals surface area contributed by atoms with Crippen LogP contribution in [0, 0.1) is 0 Å². The molecule has 0 N–H and O–H groups in total. The van der Waals surface area contributed by atoms with Gasteiger partial charge in [0.05, 0.1) is 11.6 Å². The summed E-state index contributed by atoms with van der Waals surface area (Å²) in [7, 11) is 0. The van der Waals surface area contributed by atoms with Gasteiger partial charge >= 0.3 is 0 Å². The minimum atomic E-state index is 0.0944. The minimum absolute atomic E-state index is 0.0944. The van der Waals surface area contributed by atoms with E-state index in [0.29, 0.717) is 5.88 Å². The van der Waals surface area contributed by atoms with Crippen LogP contribution in [0.3, 0.4) is 0 Å². The normalized spacial score (nSPS) is 13.2. The van der Waals surface area contributed by atoms with Gasteiger partial charge in [-0.05, 0) is 13.8 Å². The van der Waals surface area contributed by atoms with Crippen LogP contribution in [0.1, 0.15) is 30.7 Å². The van der Waals surface area contributed by atoms with Crippen LogP contribution in [-0.2, 0) is 10.6 Å². The summed E-state index contributed by atoms with van der Waals surface area (Å²) >= 11 is 7.23. The zero-order valence-corrected chi connectivity index (χ0v) is 8.78. The molecule has 0 aromatic carbocycles. The molecule has 0 saturated heterocycles. The number of hydrogen-bond donors (Lipinski definition) is 0. The first-order valence-corrected chi connectivity index (χ1v) is 5.31. The highest BCUT2D eigenvalue weighted by atomic mass is 35.5. The van der Waals surface area contributed by atoms with Gasteiger partial charge in [-0.25, -0.2) is 4.98 Å². The van der Waals surface area contributed by atoms with Gasteiger partial charge in [-0.15, -0.1) is 22.9 Å². The number of nitrogens with zero attached hydrogens (tertiary/aromatic N) is 1. The zero-order valence-electron chi connectivity index (χ0n) is 7.21. The summed E-state index contributed by atoms with van der Waals surface area (Å²) in [5.41, 5.74) is 0.934. The van der Waals surface area contributed by atoms with Gasteiger partial charge in [-0.1, -0.05) is 0 Å². The molecule has 0 amide bonds. The van der Waals surface area contributed by atoms with Crippen molar-refractivity contribution in [1.82, 2.24) is 4.98 Å². The van der Waals surface area contributed by atoms with Gasteiger partial charge in [-0.3, -0.25) is 0 Å². The third-order valence-electron chi connectivity index (χ3n) is 1.47. The van der Waals surface area contributed by atoms with E-state index < -0.39 is 0 Å². The summed E-state index contributed by atoms with van der Waals surface area (Å²) in [5, 5.41) is 2.98. The fraction of sp³-hybridized carbons (Fsp3) is 0.625. The summed E-state index contributed by atoms with van der Waals surface area (Å²) in [6.07, 6.45) is 0.0944. The van der Waals surface area contributed by atoms with E-state index in [4.69, 9.17) is 16.3 Å². The summed E-state index contributed by atoms with van der Waals surface area (Å²) in [6, 6.07) is 0. The second-order valence-corrected chi connectivity index (χ2v) is 3.57. The monoisotopic (exact) mass is 205 g/mol. The summed E-state index contributed by atoms with van der Waals surface area (Å²) in [5.74, 6) is 0.481. The number of thiazole rings is 1. The molecular formula is C8H12ClNOS. The average molecular weight is 206 g/mol. The highest BCUT2D eigenvalue weighted by Gasteiger charge is 2.09. The number of aromatic nitrogens is 1. The number of alkyl halides is 1. The molecule has 0 aliphatic carbocycles. The molecule has 0 bridgehead atoms. The van der Waals surface area contributed by atoms with Crippen molar-refractivity contribution in [3.63, 3.8) is 0 Å². The first-order valence-electron chi connectivity index (χ1n) is 3.89. The van der Waals surface area contributed by atoms with E-state index in [0.717, 1.165) is 17.3 Å². The predicted octanol–water partition coefficient (Wildman–Crippen LogP) is 2.98. The van der Waals surface area contributed by atoms with Gasteiger partial charge in [0.25, 0.3) is 0 Å². The van der Waals surface area contributed by atoms with Crippen LogP contribution < -0.4 is 0 Å². The van der Waals surface area contributed by atoms with Crippen molar-refractivity contribution in [3.8, 4) is 0 Å². The van der Waals surface area contributed by atoms with E-state index in [1.54, 1.807) is 11.3 Å². The fourth-order valence-electron chi connectivity index (χ4n) is 0.892. The lowest BCUT2D eigenvalue weighted by atomic mass is 10.4. The maximum absolute atomic E-state index is 5.63. The standard InChI is InChI=1S/C8H12ClNOS/c1-3-11-6(2)8-10-7(4-9)5-12-8/h5-6H,3-4H2,1-2H3/t6-/m1/s1. The molecule has 4 heteroatoms. The van der Waals surface area contributed by atoms with Crippen molar-refractivity contribution in [2.45, 2.75) is 25.8 Å². The Labute approximate surface area is 81.5 Å². The first-order chi connectivity index (χ1) is 5.77. The van der Waals surface area contributed by atoms with Crippen molar-refractivity contribution in [1.29, 1.82) is 0 Å². The maximum atomic E-state index is 5.63. The second-order valence-electron chi connectivity index (χ2n) is 2.41. The van der Waals surface area contributed by atoms with Gasteiger partial charge < -0.3 is 4.74 Å². The molecular weight excluding hydrogens is 194 g/mol. The number of rotatable bonds is 4. The molecule has 12 heavy (non-hydrogen) atoms. The first kappa shape index (κ1) is 9.96. The van der Waals surface area contributed by atoms with Crippen molar-refractivity contribution in [3.05, 3.63) is 16.1 Å². The smallest absolute Gasteiger partial charge is 0.122 e. The molecule has 0 radical (unpaired) electrons. The van der Waals surface area contributed by atoms with E-state index in [-0.39, 0.29) is 6.10 Å². The van der Waals surface area contributed by atoms with Crippen molar-refractivity contribution >= 4 is 22.9 Å². The molecule has 0 unspecified atom stereocenters. The summed E-state index contributed by atoms with van der Waals surface area (Å²) < 4.78 is 5.39. The molecule has 0 fully saturated rings. The van der Waals surface area contributed by atoms with Crippen LogP contribution in [0.4, 0.5) is 0 Å². The lowest BCUT2D eigenvalue weighted by molar-refractivity contribution is 0.0761. The second kappa shape index (κ2) is 4.80. The van der Waals surface area contributed by atoms with E-state index in [9.17, 15) is 0 Å². The molecule has 1 rings (SSSR count). The molecule has 1 heterocycles. The zero-order chi connectivity index (χ0) is 8.97. The van der Waals surface area contributed by atoms with Gasteiger partial charge in [-0.2, -0.15) is 0 Å². The predicted molar refractivity (Wildman–Crippen MR) is 51.7 cm³/mol. The van der Waals surface area contributed by atoms with Gasteiger partial charge in [0.2, 0.25) is 0 Å². The Morgan fingerprint density at radius 2 is 2.50 bits per heavy atom. The fourth-order valence-corrected chi connectivity index (χ4v) is 1.94. The van der Waals surface area contributed by atoms with Crippen molar-refractivity contribution < 1.29 is 4.74 Å². The molecule has 0 aliphatic heterocycles. The quantitative estimate of drug-likeness (QED) is 0.706. The topological polar surface area (TPSA) is 22.1 Å². The molecule has 1 aromatic heterocycles. The van der Waals surface area contributed by atoms with Gasteiger partial charge in [0.1, 0.15) is 11.1 Å². The average Bonchev–Trinajstić information content (AvgIpc) is 2.52. The number of hydrogen-bond acceptors (Lipinski definition) is 3. The van der Waals surface area contributed by atoms with Gasteiger partial charge in [0, 0.05) is 12.0 Å². The Hall–Kier alpha value is -0.120. The molecule has 0 aliphatic rings. The third-order valence-corrected chi connectivity index (χ3v) is 2.80. The van der Waals surface area contributed by atoms with Crippen LogP contribution in [0.5, 0.6) is 0 Å². The van der Waals surface area contributed by atoms with Crippen LogP contribution in [-0.4, -0.2) is 11.6 Å². The van der Waals surface area contributed by atoms with Crippen LogP contribution >= 0.6 is 22.9 Å². The van der Waals surface area contributed by atoms with Crippen molar-refractivity contribution in [2.24, 2.45) is 0 Å². The highest BCUT2D eigenvalue weighted by molar-refractivity contribution is 7.09. The maximum Gasteiger partial charge on any atom is 0.122 e. The Balaban J connectivity index is 2.61. The summed E-state index contributed by atoms with van der Waals surface area (Å²) in [6.45, 7) is 4.70. The third kappa shape index (κ3) is 2.44. The largest absolute Gasteiger partial charge is 0.372 e. The molecule has 2 nitrogen and oxygen atoms in total.